The summed E-state index contributed by atoms with van der Waals surface area (Å²) >= 11 is 0. The first-order valence-corrected chi connectivity index (χ1v) is 10.8. The summed E-state index contributed by atoms with van der Waals surface area (Å²) in [7, 11) is 3.29. The normalized spacial score (nSPS) is 14.8. The molecule has 1 heterocycles. The van der Waals surface area contributed by atoms with Crippen LogP contribution in [-0.4, -0.2) is 43.0 Å². The van der Waals surface area contributed by atoms with Crippen molar-refractivity contribution in [1.82, 2.24) is 9.80 Å². The molecule has 1 aliphatic heterocycles. The largest absolute Gasteiger partial charge is 0.495 e. The summed E-state index contributed by atoms with van der Waals surface area (Å²) in [6, 6.07) is 17.5. The van der Waals surface area contributed by atoms with Crippen LogP contribution in [0.4, 0.5) is 4.39 Å². The van der Waals surface area contributed by atoms with Gasteiger partial charge in [-0.15, -0.1) is 0 Å². The molecule has 1 amide bonds. The van der Waals surface area contributed by atoms with Gasteiger partial charge in [-0.3, -0.25) is 9.69 Å². The zero-order valence-electron chi connectivity index (χ0n) is 18.3. The minimum atomic E-state index is -0.547. The van der Waals surface area contributed by atoms with Crippen molar-refractivity contribution in [2.45, 2.75) is 25.4 Å². The van der Waals surface area contributed by atoms with Crippen molar-refractivity contribution in [1.29, 1.82) is 5.26 Å². The van der Waals surface area contributed by atoms with Crippen molar-refractivity contribution < 1.29 is 13.9 Å². The number of nitriles is 1. The fourth-order valence-corrected chi connectivity index (χ4v) is 4.59. The Hall–Kier alpha value is -3.43. The van der Waals surface area contributed by atoms with Gasteiger partial charge in [0, 0.05) is 19.2 Å². The molecule has 3 aromatic carbocycles. The van der Waals surface area contributed by atoms with Crippen LogP contribution in [0.1, 0.15) is 35.6 Å². The topological polar surface area (TPSA) is 56.6 Å². The molecule has 1 saturated heterocycles. The molecular weight excluding hydrogens is 405 g/mol. The van der Waals surface area contributed by atoms with Crippen LogP contribution in [0, 0.1) is 17.1 Å². The number of methoxy groups -OCH3 is 1. The molecule has 3 aromatic rings. The highest BCUT2D eigenvalue weighted by Crippen LogP contribution is 2.34. The molecule has 1 fully saturated rings. The number of rotatable bonds is 6. The number of carbonyl (C=O) groups excluding carboxylic acids is 1. The minimum Gasteiger partial charge on any atom is -0.495 e. The average molecular weight is 432 g/mol. The second-order valence-electron chi connectivity index (χ2n) is 8.16. The predicted octanol–water partition coefficient (Wildman–Crippen LogP) is 4.65. The Balaban J connectivity index is 1.72. The van der Waals surface area contributed by atoms with Gasteiger partial charge in [-0.05, 0) is 60.5 Å². The zero-order chi connectivity index (χ0) is 22.7. The molecule has 6 heteroatoms. The van der Waals surface area contributed by atoms with E-state index in [1.54, 1.807) is 24.1 Å². The maximum absolute atomic E-state index is 14.0. The number of carbonyl (C=O) groups is 1. The fraction of sp³-hybridized carbons (Fsp3) is 0.308. The van der Waals surface area contributed by atoms with Gasteiger partial charge in [-0.2, -0.15) is 5.26 Å². The number of ether oxygens (including phenoxy) is 1. The average Bonchev–Trinajstić information content (AvgIpc) is 3.33. The van der Waals surface area contributed by atoms with E-state index < -0.39 is 6.04 Å². The van der Waals surface area contributed by atoms with E-state index in [1.165, 1.54) is 19.2 Å². The first kappa shape index (κ1) is 21.8. The summed E-state index contributed by atoms with van der Waals surface area (Å²) in [5.74, 6) is 0.0249. The SMILES string of the molecule is COc1c(C#N)cc2ccccc2c1CN(C)C(=O)C(c1cccc(F)c1)N1CCCC1. The lowest BCUT2D eigenvalue weighted by Crippen LogP contribution is -2.40. The standard InChI is InChI=1S/C26H26FN3O2/c1-29(17-23-22-11-4-3-8-18(22)14-20(16-28)25(23)32-2)26(31)24(30-12-5-6-13-30)19-9-7-10-21(27)15-19/h3-4,7-11,14-15,24H,5-6,12-13,17H2,1-2H3. The third-order valence-electron chi connectivity index (χ3n) is 6.10. The van der Waals surface area contributed by atoms with Crippen LogP contribution in [-0.2, 0) is 11.3 Å². The maximum atomic E-state index is 14.0. The summed E-state index contributed by atoms with van der Waals surface area (Å²) < 4.78 is 19.6. The quantitative estimate of drug-likeness (QED) is 0.570. The lowest BCUT2D eigenvalue weighted by molar-refractivity contribution is -0.136. The molecule has 0 radical (unpaired) electrons. The van der Waals surface area contributed by atoms with Crippen LogP contribution in [0.25, 0.3) is 10.8 Å². The molecule has 0 aromatic heterocycles. The Morgan fingerprint density at radius 1 is 1.19 bits per heavy atom. The van der Waals surface area contributed by atoms with E-state index in [0.29, 0.717) is 16.9 Å². The van der Waals surface area contributed by atoms with Crippen LogP contribution in [0.3, 0.4) is 0 Å². The van der Waals surface area contributed by atoms with Gasteiger partial charge in [0.2, 0.25) is 5.91 Å². The van der Waals surface area contributed by atoms with Crippen LogP contribution >= 0.6 is 0 Å². The van der Waals surface area contributed by atoms with E-state index in [1.807, 2.05) is 30.3 Å². The molecule has 0 saturated carbocycles. The summed E-state index contributed by atoms with van der Waals surface area (Å²) in [5, 5.41) is 11.5. The number of benzene rings is 3. The molecule has 5 nitrogen and oxygen atoms in total. The van der Waals surface area contributed by atoms with Gasteiger partial charge in [0.05, 0.1) is 12.7 Å². The third kappa shape index (κ3) is 4.17. The molecule has 164 valence electrons. The van der Waals surface area contributed by atoms with Gasteiger partial charge in [0.1, 0.15) is 23.7 Å². The number of fused-ring (bicyclic) bond motifs is 1. The van der Waals surface area contributed by atoms with E-state index in [0.717, 1.165) is 42.3 Å². The van der Waals surface area contributed by atoms with Gasteiger partial charge in [0.15, 0.2) is 0 Å². The van der Waals surface area contributed by atoms with Gasteiger partial charge >= 0.3 is 0 Å². The molecule has 1 unspecified atom stereocenters. The van der Waals surface area contributed by atoms with Crippen molar-refractivity contribution in [2.24, 2.45) is 0 Å². The number of nitrogens with zero attached hydrogens (tertiary/aromatic N) is 3. The second kappa shape index (κ2) is 9.37. The Bertz CT molecular complexity index is 1180. The molecule has 0 aliphatic carbocycles. The smallest absolute Gasteiger partial charge is 0.244 e. The monoisotopic (exact) mass is 431 g/mol. The lowest BCUT2D eigenvalue weighted by Gasteiger charge is -2.31. The zero-order valence-corrected chi connectivity index (χ0v) is 18.3. The first-order chi connectivity index (χ1) is 15.5. The van der Waals surface area contributed by atoms with Crippen LogP contribution in [0.2, 0.25) is 0 Å². The van der Waals surface area contributed by atoms with Crippen LogP contribution in [0.15, 0.2) is 54.6 Å². The second-order valence-corrected chi connectivity index (χ2v) is 8.16. The summed E-state index contributed by atoms with van der Waals surface area (Å²) in [6.45, 7) is 1.88. The minimum absolute atomic E-state index is 0.106. The van der Waals surface area contributed by atoms with Crippen molar-refractivity contribution in [3.8, 4) is 11.8 Å². The number of likely N-dealkylation sites (N-methyl/N-ethyl adjacent to an activating group) is 1. The van der Waals surface area contributed by atoms with Crippen molar-refractivity contribution in [3.05, 3.63) is 77.1 Å². The number of likely N-dealkylation sites (tertiary alicyclic amines) is 1. The Kier molecular flexibility index (Phi) is 6.38. The highest BCUT2D eigenvalue weighted by atomic mass is 19.1. The number of hydrogen-bond donors (Lipinski definition) is 0. The highest BCUT2D eigenvalue weighted by molar-refractivity contribution is 5.91. The van der Waals surface area contributed by atoms with Crippen molar-refractivity contribution in [2.75, 3.05) is 27.2 Å². The Morgan fingerprint density at radius 2 is 1.94 bits per heavy atom. The van der Waals surface area contributed by atoms with Crippen LogP contribution in [0.5, 0.6) is 5.75 Å². The van der Waals surface area contributed by atoms with E-state index >= 15 is 0 Å². The number of hydrogen-bond acceptors (Lipinski definition) is 4. The first-order valence-electron chi connectivity index (χ1n) is 10.8. The van der Waals surface area contributed by atoms with Crippen LogP contribution < -0.4 is 4.74 Å². The van der Waals surface area contributed by atoms with E-state index in [2.05, 4.69) is 11.0 Å². The molecule has 0 spiro atoms. The number of amides is 1. The molecular formula is C26H26FN3O2. The molecule has 1 atom stereocenters. The van der Waals surface area contributed by atoms with Gasteiger partial charge < -0.3 is 9.64 Å². The molecule has 1 aliphatic rings. The summed E-state index contributed by atoms with van der Waals surface area (Å²) in [6.07, 6.45) is 2.04. The highest BCUT2D eigenvalue weighted by Gasteiger charge is 2.32. The van der Waals surface area contributed by atoms with Crippen molar-refractivity contribution in [3.63, 3.8) is 0 Å². The third-order valence-corrected chi connectivity index (χ3v) is 6.10. The van der Waals surface area contributed by atoms with Gasteiger partial charge in [-0.25, -0.2) is 4.39 Å². The number of halogens is 1. The van der Waals surface area contributed by atoms with E-state index in [-0.39, 0.29) is 18.3 Å². The van der Waals surface area contributed by atoms with E-state index in [9.17, 15) is 14.4 Å². The van der Waals surface area contributed by atoms with E-state index in [4.69, 9.17) is 4.74 Å². The molecule has 0 N–H and O–H groups in total. The Morgan fingerprint density at radius 3 is 2.62 bits per heavy atom. The summed E-state index contributed by atoms with van der Waals surface area (Å²) in [5.41, 5.74) is 1.88. The van der Waals surface area contributed by atoms with Crippen molar-refractivity contribution >= 4 is 16.7 Å². The van der Waals surface area contributed by atoms with Gasteiger partial charge in [0.25, 0.3) is 0 Å². The maximum Gasteiger partial charge on any atom is 0.244 e. The summed E-state index contributed by atoms with van der Waals surface area (Å²) in [4.78, 5) is 17.5. The molecule has 0 bridgehead atoms. The fourth-order valence-electron chi connectivity index (χ4n) is 4.59. The Labute approximate surface area is 187 Å². The predicted molar refractivity (Wildman–Crippen MR) is 122 cm³/mol. The molecule has 32 heavy (non-hydrogen) atoms. The molecule has 4 rings (SSSR count). The van der Waals surface area contributed by atoms with Gasteiger partial charge in [-0.1, -0.05) is 36.4 Å². The lowest BCUT2D eigenvalue weighted by atomic mass is 9.98.